The lowest BCUT2D eigenvalue weighted by molar-refractivity contribution is 0.816. The lowest BCUT2D eigenvalue weighted by Crippen LogP contribution is -2.09. The summed E-state index contributed by atoms with van der Waals surface area (Å²) in [6.07, 6.45) is 4.18. The number of rotatable bonds is 7. The van der Waals surface area contributed by atoms with E-state index in [0.29, 0.717) is 17.5 Å². The van der Waals surface area contributed by atoms with Crippen LogP contribution in [0.2, 0.25) is 0 Å². The molecule has 0 aliphatic heterocycles. The number of nitriles is 1. The van der Waals surface area contributed by atoms with Crippen LogP contribution in [0.5, 0.6) is 0 Å². The maximum Gasteiger partial charge on any atom is 0.197 e. The molecule has 4 aromatic rings. The number of para-hydroxylation sites is 1. The number of aryl methyl sites for hydroxylation is 1. The Balaban J connectivity index is 1.77. The molecule has 0 radical (unpaired) electrons. The molecule has 0 saturated carbocycles. The van der Waals surface area contributed by atoms with Crippen LogP contribution in [-0.2, 0) is 6.42 Å². The minimum absolute atomic E-state index is 0.284. The first-order valence-corrected chi connectivity index (χ1v) is 11.5. The molecule has 0 saturated heterocycles. The van der Waals surface area contributed by atoms with Crippen LogP contribution in [-0.4, -0.2) is 25.0 Å². The van der Waals surface area contributed by atoms with Gasteiger partial charge >= 0.3 is 0 Å². The normalized spacial score (nSPS) is 12.0. The summed E-state index contributed by atoms with van der Waals surface area (Å²) in [5.74, 6) is 1.05. The van der Waals surface area contributed by atoms with E-state index in [1.807, 2.05) is 18.2 Å². The molecule has 160 valence electrons. The topological polar surface area (TPSA) is 67.4 Å². The van der Waals surface area contributed by atoms with Crippen molar-refractivity contribution in [3.05, 3.63) is 89.7 Å². The van der Waals surface area contributed by atoms with Gasteiger partial charge in [-0.15, -0.1) is 10.2 Å². The van der Waals surface area contributed by atoms with Crippen molar-refractivity contribution >= 4 is 11.8 Å². The molecule has 1 atom stereocenters. The van der Waals surface area contributed by atoms with Crippen molar-refractivity contribution in [1.82, 2.24) is 19.7 Å². The summed E-state index contributed by atoms with van der Waals surface area (Å²) in [5, 5.41) is 19.3. The van der Waals surface area contributed by atoms with Crippen molar-refractivity contribution in [3.63, 3.8) is 0 Å². The summed E-state index contributed by atoms with van der Waals surface area (Å²) in [4.78, 5) is 4.26. The second-order valence-electron chi connectivity index (χ2n) is 8.02. The first-order chi connectivity index (χ1) is 15.6. The molecule has 0 aliphatic rings. The first-order valence-electron chi connectivity index (χ1n) is 10.6. The predicted octanol–water partition coefficient (Wildman–Crippen LogP) is 5.99. The molecule has 1 unspecified atom stereocenters. The lowest BCUT2D eigenvalue weighted by Gasteiger charge is -2.17. The van der Waals surface area contributed by atoms with Gasteiger partial charge in [-0.05, 0) is 48.6 Å². The fourth-order valence-corrected chi connectivity index (χ4v) is 4.57. The Hall–Kier alpha value is -3.43. The van der Waals surface area contributed by atoms with Gasteiger partial charge in [-0.25, -0.2) is 0 Å². The standard InChI is InChI=1S/C26H25N5S/c1-18(2)23-8-4-5-9-24(23)31-25(21-7-6-14-28-17-21)29-30-26(31)32-22(16-27)15-20-12-10-19(3)11-13-20/h4-14,17-18,22H,15H2,1-3H3. The number of benzene rings is 2. The van der Waals surface area contributed by atoms with Gasteiger partial charge in [-0.1, -0.05) is 73.6 Å². The van der Waals surface area contributed by atoms with Crippen molar-refractivity contribution in [1.29, 1.82) is 5.26 Å². The summed E-state index contributed by atoms with van der Waals surface area (Å²) in [7, 11) is 0. The van der Waals surface area contributed by atoms with E-state index in [1.54, 1.807) is 12.4 Å². The number of pyridine rings is 1. The third-order valence-electron chi connectivity index (χ3n) is 5.29. The molecule has 0 spiro atoms. The molecule has 2 aromatic carbocycles. The Morgan fingerprint density at radius 3 is 2.47 bits per heavy atom. The van der Waals surface area contributed by atoms with E-state index in [2.05, 4.69) is 89.1 Å². The number of aromatic nitrogens is 4. The molecular formula is C26H25N5S. The largest absolute Gasteiger partial charge is 0.270 e. The zero-order chi connectivity index (χ0) is 22.5. The summed E-state index contributed by atoms with van der Waals surface area (Å²) >= 11 is 1.45. The van der Waals surface area contributed by atoms with Crippen molar-refractivity contribution < 1.29 is 0 Å². The molecule has 5 nitrogen and oxygen atoms in total. The predicted molar refractivity (Wildman–Crippen MR) is 129 cm³/mol. The Morgan fingerprint density at radius 1 is 1.00 bits per heavy atom. The van der Waals surface area contributed by atoms with Gasteiger partial charge in [0.15, 0.2) is 11.0 Å². The number of thioether (sulfide) groups is 1. The Kier molecular flexibility index (Phi) is 6.67. The summed E-state index contributed by atoms with van der Waals surface area (Å²) in [6.45, 7) is 6.42. The number of hydrogen-bond donors (Lipinski definition) is 0. The van der Waals surface area contributed by atoms with E-state index >= 15 is 0 Å². The van der Waals surface area contributed by atoms with Crippen molar-refractivity contribution in [2.45, 2.75) is 43.5 Å². The Bertz CT molecular complexity index is 1220. The molecular weight excluding hydrogens is 414 g/mol. The highest BCUT2D eigenvalue weighted by molar-refractivity contribution is 8.00. The van der Waals surface area contributed by atoms with Crippen LogP contribution in [0.3, 0.4) is 0 Å². The molecule has 0 fully saturated rings. The van der Waals surface area contributed by atoms with Crippen LogP contribution in [0.15, 0.2) is 78.2 Å². The highest BCUT2D eigenvalue weighted by Gasteiger charge is 2.22. The lowest BCUT2D eigenvalue weighted by atomic mass is 10.0. The maximum absolute atomic E-state index is 9.89. The minimum atomic E-state index is -0.284. The molecule has 2 aromatic heterocycles. The van der Waals surface area contributed by atoms with Crippen molar-refractivity contribution in [2.75, 3.05) is 0 Å². The molecule has 2 heterocycles. The molecule has 0 aliphatic carbocycles. The van der Waals surface area contributed by atoms with E-state index < -0.39 is 0 Å². The number of hydrogen-bond acceptors (Lipinski definition) is 5. The third kappa shape index (κ3) is 4.74. The first kappa shape index (κ1) is 21.8. The van der Waals surface area contributed by atoms with Crippen LogP contribution in [0.4, 0.5) is 0 Å². The molecule has 4 rings (SSSR count). The van der Waals surface area contributed by atoms with Gasteiger partial charge in [0.2, 0.25) is 0 Å². The quantitative estimate of drug-likeness (QED) is 0.331. The molecule has 0 amide bonds. The van der Waals surface area contributed by atoms with Gasteiger partial charge < -0.3 is 0 Å². The smallest absolute Gasteiger partial charge is 0.197 e. The monoisotopic (exact) mass is 439 g/mol. The number of nitrogens with zero attached hydrogens (tertiary/aromatic N) is 5. The van der Waals surface area contributed by atoms with Crippen LogP contribution in [0, 0.1) is 18.3 Å². The SMILES string of the molecule is Cc1ccc(CC(C#N)Sc2nnc(-c3cccnc3)n2-c2ccccc2C(C)C)cc1. The average Bonchev–Trinajstić information content (AvgIpc) is 3.24. The fourth-order valence-electron chi connectivity index (χ4n) is 3.60. The van der Waals surface area contributed by atoms with Crippen LogP contribution >= 0.6 is 11.8 Å². The van der Waals surface area contributed by atoms with E-state index in [0.717, 1.165) is 22.6 Å². The Morgan fingerprint density at radius 2 is 1.78 bits per heavy atom. The zero-order valence-corrected chi connectivity index (χ0v) is 19.3. The van der Waals surface area contributed by atoms with Crippen LogP contribution in [0.1, 0.15) is 36.5 Å². The van der Waals surface area contributed by atoms with Gasteiger partial charge in [0.1, 0.15) is 5.25 Å². The van der Waals surface area contributed by atoms with Crippen molar-refractivity contribution in [3.8, 4) is 23.1 Å². The van der Waals surface area contributed by atoms with E-state index in [-0.39, 0.29) is 5.25 Å². The van der Waals surface area contributed by atoms with Crippen LogP contribution < -0.4 is 0 Å². The van der Waals surface area contributed by atoms with E-state index in [1.165, 1.54) is 22.9 Å². The minimum Gasteiger partial charge on any atom is -0.270 e. The fraction of sp³-hybridized carbons (Fsp3) is 0.231. The summed E-state index contributed by atoms with van der Waals surface area (Å²) in [5.41, 5.74) is 5.46. The van der Waals surface area contributed by atoms with Gasteiger partial charge in [0, 0.05) is 18.0 Å². The summed E-state index contributed by atoms with van der Waals surface area (Å²) in [6, 6.07) is 22.9. The van der Waals surface area contributed by atoms with Gasteiger partial charge in [-0.2, -0.15) is 5.26 Å². The highest BCUT2D eigenvalue weighted by atomic mass is 32.2. The average molecular weight is 440 g/mol. The molecule has 6 heteroatoms. The van der Waals surface area contributed by atoms with E-state index in [9.17, 15) is 5.26 Å². The molecule has 32 heavy (non-hydrogen) atoms. The Labute approximate surface area is 193 Å². The molecule has 0 bridgehead atoms. The van der Waals surface area contributed by atoms with Gasteiger partial charge in [0.05, 0.1) is 11.8 Å². The highest BCUT2D eigenvalue weighted by Crippen LogP contribution is 2.34. The second kappa shape index (κ2) is 9.80. The van der Waals surface area contributed by atoms with E-state index in [4.69, 9.17) is 0 Å². The zero-order valence-electron chi connectivity index (χ0n) is 18.4. The van der Waals surface area contributed by atoms with Crippen molar-refractivity contribution in [2.24, 2.45) is 0 Å². The summed E-state index contributed by atoms with van der Waals surface area (Å²) < 4.78 is 2.07. The van der Waals surface area contributed by atoms with Gasteiger partial charge in [0.25, 0.3) is 0 Å². The second-order valence-corrected chi connectivity index (χ2v) is 9.19. The molecule has 0 N–H and O–H groups in total. The van der Waals surface area contributed by atoms with Crippen LogP contribution in [0.25, 0.3) is 17.1 Å². The van der Waals surface area contributed by atoms with Gasteiger partial charge in [-0.3, -0.25) is 9.55 Å². The third-order valence-corrected chi connectivity index (χ3v) is 6.32. The maximum atomic E-state index is 9.89.